The van der Waals surface area contributed by atoms with Crippen LogP contribution in [0.4, 0.5) is 4.39 Å². The van der Waals surface area contributed by atoms with E-state index < -0.39 is 6.04 Å². The SMILES string of the molecule is CNC(=O)[C@@H]1CN(C(=O)c2cc3cc(F)ccc3[nH]2)CCN1C(C)=O. The second kappa shape index (κ2) is 6.54. The Morgan fingerprint density at radius 1 is 1.24 bits per heavy atom. The number of likely N-dealkylation sites (N-methyl/N-ethyl adjacent to an activating group) is 1. The number of nitrogens with zero attached hydrogens (tertiary/aromatic N) is 2. The van der Waals surface area contributed by atoms with E-state index in [0.29, 0.717) is 23.1 Å². The number of rotatable bonds is 2. The summed E-state index contributed by atoms with van der Waals surface area (Å²) < 4.78 is 13.3. The lowest BCUT2D eigenvalue weighted by Gasteiger charge is -2.39. The molecule has 3 rings (SSSR count). The van der Waals surface area contributed by atoms with Gasteiger partial charge < -0.3 is 20.1 Å². The number of benzene rings is 1. The van der Waals surface area contributed by atoms with Gasteiger partial charge in [0.1, 0.15) is 17.6 Å². The van der Waals surface area contributed by atoms with Gasteiger partial charge in [0.2, 0.25) is 11.8 Å². The number of aromatic nitrogens is 1. The van der Waals surface area contributed by atoms with Crippen molar-refractivity contribution >= 4 is 28.6 Å². The minimum Gasteiger partial charge on any atom is -0.357 e. The molecule has 0 saturated carbocycles. The molecule has 2 N–H and O–H groups in total. The number of H-pyrrole nitrogens is 1. The van der Waals surface area contributed by atoms with E-state index in [9.17, 15) is 18.8 Å². The van der Waals surface area contributed by atoms with Gasteiger partial charge in [0, 0.05) is 38.0 Å². The summed E-state index contributed by atoms with van der Waals surface area (Å²) in [4.78, 5) is 42.5. The van der Waals surface area contributed by atoms with Crippen LogP contribution in [0, 0.1) is 5.82 Å². The molecule has 1 aliphatic rings. The fourth-order valence-corrected chi connectivity index (χ4v) is 3.12. The molecule has 25 heavy (non-hydrogen) atoms. The van der Waals surface area contributed by atoms with Crippen molar-refractivity contribution in [3.63, 3.8) is 0 Å². The van der Waals surface area contributed by atoms with E-state index in [0.717, 1.165) is 0 Å². The molecule has 1 fully saturated rings. The van der Waals surface area contributed by atoms with Crippen LogP contribution in [-0.2, 0) is 9.59 Å². The smallest absolute Gasteiger partial charge is 0.270 e. The molecule has 1 aromatic carbocycles. The highest BCUT2D eigenvalue weighted by molar-refractivity contribution is 5.98. The average molecular weight is 346 g/mol. The summed E-state index contributed by atoms with van der Waals surface area (Å²) in [6.45, 7) is 2.13. The Hall–Kier alpha value is -2.90. The predicted molar refractivity (Wildman–Crippen MR) is 89.4 cm³/mol. The largest absolute Gasteiger partial charge is 0.357 e. The molecule has 0 aliphatic carbocycles. The summed E-state index contributed by atoms with van der Waals surface area (Å²) in [5, 5.41) is 3.13. The van der Waals surface area contributed by atoms with Crippen molar-refractivity contribution in [2.45, 2.75) is 13.0 Å². The maximum absolute atomic E-state index is 13.3. The molecule has 8 heteroatoms. The zero-order chi connectivity index (χ0) is 18.1. The number of carbonyl (C=O) groups is 3. The average Bonchev–Trinajstić information content (AvgIpc) is 3.02. The molecule has 0 spiro atoms. The van der Waals surface area contributed by atoms with E-state index >= 15 is 0 Å². The van der Waals surface area contributed by atoms with Gasteiger partial charge in [0.15, 0.2) is 0 Å². The van der Waals surface area contributed by atoms with E-state index in [2.05, 4.69) is 10.3 Å². The number of halogens is 1. The molecule has 0 unspecified atom stereocenters. The molecule has 0 radical (unpaired) electrons. The first kappa shape index (κ1) is 16.9. The van der Waals surface area contributed by atoms with Crippen LogP contribution in [0.5, 0.6) is 0 Å². The summed E-state index contributed by atoms with van der Waals surface area (Å²) in [6.07, 6.45) is 0. The lowest BCUT2D eigenvalue weighted by molar-refractivity contribution is -0.141. The Morgan fingerprint density at radius 2 is 2.00 bits per heavy atom. The van der Waals surface area contributed by atoms with E-state index in [-0.39, 0.29) is 36.6 Å². The van der Waals surface area contributed by atoms with Gasteiger partial charge >= 0.3 is 0 Å². The van der Waals surface area contributed by atoms with Crippen molar-refractivity contribution in [1.82, 2.24) is 20.1 Å². The fourth-order valence-electron chi connectivity index (χ4n) is 3.12. The molecule has 132 valence electrons. The summed E-state index contributed by atoms with van der Waals surface area (Å²) in [7, 11) is 1.49. The topological polar surface area (TPSA) is 85.5 Å². The third kappa shape index (κ3) is 3.19. The highest BCUT2D eigenvalue weighted by atomic mass is 19.1. The highest BCUT2D eigenvalue weighted by Crippen LogP contribution is 2.19. The Labute approximate surface area is 143 Å². The maximum Gasteiger partial charge on any atom is 0.270 e. The summed E-state index contributed by atoms with van der Waals surface area (Å²) in [5.74, 6) is -1.18. The second-order valence-electron chi connectivity index (χ2n) is 6.01. The van der Waals surface area contributed by atoms with Crippen LogP contribution < -0.4 is 5.32 Å². The van der Waals surface area contributed by atoms with Gasteiger partial charge in [-0.1, -0.05) is 0 Å². The number of nitrogens with one attached hydrogen (secondary N) is 2. The summed E-state index contributed by atoms with van der Waals surface area (Å²) in [5.41, 5.74) is 0.988. The number of aromatic amines is 1. The molecule has 1 saturated heterocycles. The zero-order valence-corrected chi connectivity index (χ0v) is 14.0. The van der Waals surface area contributed by atoms with E-state index in [1.54, 1.807) is 12.1 Å². The van der Waals surface area contributed by atoms with Crippen LogP contribution in [0.15, 0.2) is 24.3 Å². The van der Waals surface area contributed by atoms with Crippen LogP contribution in [0.2, 0.25) is 0 Å². The second-order valence-corrected chi connectivity index (χ2v) is 6.01. The normalized spacial score (nSPS) is 17.6. The number of fused-ring (bicyclic) bond motifs is 1. The Morgan fingerprint density at radius 3 is 2.68 bits per heavy atom. The molecule has 7 nitrogen and oxygen atoms in total. The zero-order valence-electron chi connectivity index (χ0n) is 14.0. The van der Waals surface area contributed by atoms with Crippen LogP contribution in [-0.4, -0.2) is 65.2 Å². The molecule has 1 aromatic heterocycles. The van der Waals surface area contributed by atoms with Gasteiger partial charge in [-0.05, 0) is 24.3 Å². The van der Waals surface area contributed by atoms with Crippen molar-refractivity contribution in [2.24, 2.45) is 0 Å². The Kier molecular flexibility index (Phi) is 4.43. The predicted octanol–water partition coefficient (Wildman–Crippen LogP) is 0.726. The number of piperazine rings is 1. The van der Waals surface area contributed by atoms with Gasteiger partial charge in [0.25, 0.3) is 5.91 Å². The highest BCUT2D eigenvalue weighted by Gasteiger charge is 2.35. The maximum atomic E-state index is 13.3. The fraction of sp³-hybridized carbons (Fsp3) is 0.353. The van der Waals surface area contributed by atoms with Gasteiger partial charge in [-0.3, -0.25) is 14.4 Å². The van der Waals surface area contributed by atoms with Crippen molar-refractivity contribution in [2.75, 3.05) is 26.7 Å². The summed E-state index contributed by atoms with van der Waals surface area (Å²) >= 11 is 0. The van der Waals surface area contributed by atoms with Crippen molar-refractivity contribution in [3.05, 3.63) is 35.8 Å². The molecule has 2 heterocycles. The van der Waals surface area contributed by atoms with Gasteiger partial charge in [-0.15, -0.1) is 0 Å². The summed E-state index contributed by atoms with van der Waals surface area (Å²) in [6, 6.07) is 5.11. The molecule has 0 bridgehead atoms. The minimum absolute atomic E-state index is 0.113. The van der Waals surface area contributed by atoms with Crippen molar-refractivity contribution in [1.29, 1.82) is 0 Å². The van der Waals surface area contributed by atoms with Crippen molar-refractivity contribution in [3.8, 4) is 0 Å². The number of carbonyl (C=O) groups excluding carboxylic acids is 3. The Bertz CT molecular complexity index is 848. The first-order chi connectivity index (χ1) is 11.9. The lowest BCUT2D eigenvalue weighted by atomic mass is 10.1. The molecule has 1 atom stereocenters. The molecule has 2 aromatic rings. The first-order valence-electron chi connectivity index (χ1n) is 7.97. The molecule has 3 amide bonds. The number of hydrogen-bond donors (Lipinski definition) is 2. The van der Waals surface area contributed by atoms with E-state index in [4.69, 9.17) is 0 Å². The van der Waals surface area contributed by atoms with Crippen LogP contribution in [0.1, 0.15) is 17.4 Å². The molecular weight excluding hydrogens is 327 g/mol. The first-order valence-corrected chi connectivity index (χ1v) is 7.97. The third-order valence-electron chi connectivity index (χ3n) is 4.43. The number of hydrogen-bond acceptors (Lipinski definition) is 3. The quantitative estimate of drug-likeness (QED) is 0.840. The molecular formula is C17H19FN4O3. The van der Waals surface area contributed by atoms with Gasteiger partial charge in [0.05, 0.1) is 6.54 Å². The van der Waals surface area contributed by atoms with E-state index in [1.165, 1.54) is 35.9 Å². The van der Waals surface area contributed by atoms with Crippen molar-refractivity contribution < 1.29 is 18.8 Å². The standard InChI is InChI=1S/C17H19FN4O3/c1-10(23)22-6-5-21(9-15(22)16(24)19-2)17(25)14-8-11-7-12(18)3-4-13(11)20-14/h3-4,7-8,15,20H,5-6,9H2,1-2H3,(H,19,24)/t15-/m0/s1. The lowest BCUT2D eigenvalue weighted by Crippen LogP contribution is -2.60. The van der Waals surface area contributed by atoms with E-state index in [1.807, 2.05) is 0 Å². The molecule has 1 aliphatic heterocycles. The Balaban J connectivity index is 1.83. The van der Waals surface area contributed by atoms with Crippen LogP contribution >= 0.6 is 0 Å². The van der Waals surface area contributed by atoms with Gasteiger partial charge in [-0.2, -0.15) is 0 Å². The number of amides is 3. The van der Waals surface area contributed by atoms with Gasteiger partial charge in [-0.25, -0.2) is 4.39 Å². The third-order valence-corrected chi connectivity index (χ3v) is 4.43. The van der Waals surface area contributed by atoms with Crippen LogP contribution in [0.3, 0.4) is 0 Å². The minimum atomic E-state index is -0.720. The monoisotopic (exact) mass is 346 g/mol. The van der Waals surface area contributed by atoms with Crippen LogP contribution in [0.25, 0.3) is 10.9 Å².